The Labute approximate surface area is 125 Å². The van der Waals surface area contributed by atoms with Gasteiger partial charge in [0, 0.05) is 23.8 Å². The van der Waals surface area contributed by atoms with Crippen molar-refractivity contribution in [2.75, 3.05) is 19.3 Å². The van der Waals surface area contributed by atoms with Crippen molar-refractivity contribution in [3.05, 3.63) is 27.7 Å². The summed E-state index contributed by atoms with van der Waals surface area (Å²) in [5, 5.41) is -0.325. The van der Waals surface area contributed by atoms with Gasteiger partial charge in [0.05, 0.1) is 15.2 Å². The maximum Gasteiger partial charge on any atom is 0.243 e. The van der Waals surface area contributed by atoms with Crippen LogP contribution < -0.4 is 0 Å². The van der Waals surface area contributed by atoms with Crippen LogP contribution in [0.15, 0.2) is 27.6 Å². The summed E-state index contributed by atoms with van der Waals surface area (Å²) in [5.41, 5.74) is 0. The van der Waals surface area contributed by atoms with Gasteiger partial charge in [-0.2, -0.15) is 4.31 Å². The first kappa shape index (κ1) is 15.2. The molecule has 0 N–H and O–H groups in total. The van der Waals surface area contributed by atoms with E-state index in [2.05, 4.69) is 15.9 Å². The molecule has 2 rings (SSSR count). The molecule has 19 heavy (non-hydrogen) atoms. The van der Waals surface area contributed by atoms with Gasteiger partial charge >= 0.3 is 0 Å². The Morgan fingerprint density at radius 1 is 1.26 bits per heavy atom. The maximum absolute atomic E-state index is 12.2. The smallest absolute Gasteiger partial charge is 0.229 e. The molecule has 0 aromatic heterocycles. The first-order valence-electron chi connectivity index (χ1n) is 5.26. The van der Waals surface area contributed by atoms with Crippen LogP contribution in [0.4, 0.5) is 0 Å². The summed E-state index contributed by atoms with van der Waals surface area (Å²) >= 11 is 9.04. The first-order valence-corrected chi connectivity index (χ1v) is 9.83. The molecule has 1 fully saturated rings. The molecule has 0 unspecified atom stereocenters. The van der Waals surface area contributed by atoms with E-state index in [4.69, 9.17) is 11.6 Å². The summed E-state index contributed by atoms with van der Waals surface area (Å²) in [6, 6.07) is 4.32. The molecule has 106 valence electrons. The minimum atomic E-state index is -3.67. The zero-order valence-electron chi connectivity index (χ0n) is 9.88. The number of sulfone groups is 1. The van der Waals surface area contributed by atoms with Gasteiger partial charge in [0.25, 0.3) is 0 Å². The highest BCUT2D eigenvalue weighted by Crippen LogP contribution is 2.29. The fourth-order valence-corrected chi connectivity index (χ4v) is 4.79. The molecule has 1 aliphatic rings. The highest BCUT2D eigenvalue weighted by atomic mass is 79.9. The van der Waals surface area contributed by atoms with Crippen molar-refractivity contribution in [1.82, 2.24) is 4.31 Å². The van der Waals surface area contributed by atoms with E-state index in [0.29, 0.717) is 9.50 Å². The summed E-state index contributed by atoms with van der Waals surface area (Å²) in [4.78, 5) is 0.0626. The third-order valence-corrected chi connectivity index (χ3v) is 7.52. The molecule has 0 atom stereocenters. The molecule has 1 saturated heterocycles. The third-order valence-electron chi connectivity index (χ3n) is 2.95. The van der Waals surface area contributed by atoms with Crippen LogP contribution >= 0.6 is 27.5 Å². The summed E-state index contributed by atoms with van der Waals surface area (Å²) in [6.45, 7) is -0.0102. The van der Waals surface area contributed by atoms with E-state index in [1.807, 2.05) is 0 Å². The van der Waals surface area contributed by atoms with Crippen molar-refractivity contribution < 1.29 is 16.8 Å². The van der Waals surface area contributed by atoms with Crippen LogP contribution in [-0.2, 0) is 19.9 Å². The molecule has 9 heteroatoms. The maximum atomic E-state index is 12.2. The van der Waals surface area contributed by atoms with Crippen molar-refractivity contribution in [3.63, 3.8) is 0 Å². The van der Waals surface area contributed by atoms with Crippen LogP contribution in [0.5, 0.6) is 0 Å². The van der Waals surface area contributed by atoms with E-state index in [9.17, 15) is 16.8 Å². The molecule has 1 heterocycles. The number of benzene rings is 1. The van der Waals surface area contributed by atoms with Crippen LogP contribution in [0.25, 0.3) is 0 Å². The third kappa shape index (κ3) is 2.97. The summed E-state index contributed by atoms with van der Waals surface area (Å²) in [5.74, 6) is 0. The van der Waals surface area contributed by atoms with Gasteiger partial charge in [0.1, 0.15) is 0 Å². The second kappa shape index (κ2) is 5.00. The fourth-order valence-electron chi connectivity index (χ4n) is 1.65. The van der Waals surface area contributed by atoms with Gasteiger partial charge in [-0.3, -0.25) is 0 Å². The van der Waals surface area contributed by atoms with E-state index < -0.39 is 25.1 Å². The predicted molar refractivity (Wildman–Crippen MR) is 76.5 cm³/mol. The molecule has 0 radical (unpaired) electrons. The van der Waals surface area contributed by atoms with Crippen molar-refractivity contribution in [2.45, 2.75) is 10.1 Å². The molecule has 0 amide bonds. The van der Waals surface area contributed by atoms with E-state index in [1.165, 1.54) is 12.1 Å². The molecule has 0 spiro atoms. The lowest BCUT2D eigenvalue weighted by Crippen LogP contribution is -2.56. The molecule has 1 aromatic rings. The largest absolute Gasteiger partial charge is 0.243 e. The quantitative estimate of drug-likeness (QED) is 0.787. The van der Waals surface area contributed by atoms with E-state index >= 15 is 0 Å². The highest BCUT2D eigenvalue weighted by molar-refractivity contribution is 9.10. The van der Waals surface area contributed by atoms with Gasteiger partial charge < -0.3 is 0 Å². The standard InChI is InChI=1S/C10H11BrClNO4S2/c1-18(14,15)8-5-13(6-8)19(16,17)7-2-3-9(11)10(12)4-7/h2-4,8H,5-6H2,1H3. The average Bonchev–Trinajstić information content (AvgIpc) is 2.16. The Morgan fingerprint density at radius 3 is 2.32 bits per heavy atom. The van der Waals surface area contributed by atoms with E-state index in [-0.39, 0.29) is 18.0 Å². The molecule has 0 aliphatic carbocycles. The van der Waals surface area contributed by atoms with Crippen LogP contribution in [0.1, 0.15) is 0 Å². The number of hydrogen-bond acceptors (Lipinski definition) is 4. The molecule has 5 nitrogen and oxygen atoms in total. The normalized spacial score (nSPS) is 18.3. The van der Waals surface area contributed by atoms with Crippen LogP contribution in [0.3, 0.4) is 0 Å². The number of rotatable bonds is 3. The first-order chi connectivity index (χ1) is 8.62. The van der Waals surface area contributed by atoms with Crippen molar-refractivity contribution in [3.8, 4) is 0 Å². The van der Waals surface area contributed by atoms with Gasteiger partial charge in [-0.15, -0.1) is 0 Å². The fraction of sp³-hybridized carbons (Fsp3) is 0.400. The van der Waals surface area contributed by atoms with Crippen molar-refractivity contribution >= 4 is 47.4 Å². The second-order valence-electron chi connectivity index (χ2n) is 4.35. The van der Waals surface area contributed by atoms with Crippen LogP contribution in [0.2, 0.25) is 5.02 Å². The van der Waals surface area contributed by atoms with Gasteiger partial charge in [-0.05, 0) is 34.1 Å². The van der Waals surface area contributed by atoms with E-state index in [1.54, 1.807) is 6.07 Å². The van der Waals surface area contributed by atoms with Gasteiger partial charge in [0.2, 0.25) is 10.0 Å². The van der Waals surface area contributed by atoms with Crippen LogP contribution in [-0.4, -0.2) is 45.7 Å². The molecule has 0 bridgehead atoms. The topological polar surface area (TPSA) is 71.5 Å². The van der Waals surface area contributed by atoms with E-state index in [0.717, 1.165) is 10.6 Å². The zero-order valence-corrected chi connectivity index (χ0v) is 13.9. The Hall–Kier alpha value is -0.150. The molecule has 1 aliphatic heterocycles. The molecular formula is C10H11BrClNO4S2. The lowest BCUT2D eigenvalue weighted by molar-refractivity contribution is 0.310. The zero-order chi connectivity index (χ0) is 14.4. The summed E-state index contributed by atoms with van der Waals surface area (Å²) < 4.78 is 48.7. The minimum absolute atomic E-state index is 0.00511. The van der Waals surface area contributed by atoms with Gasteiger partial charge in [-0.1, -0.05) is 11.6 Å². The SMILES string of the molecule is CS(=O)(=O)C1CN(S(=O)(=O)c2ccc(Br)c(Cl)c2)C1. The minimum Gasteiger partial charge on any atom is -0.229 e. The Bertz CT molecular complexity index is 711. The summed E-state index contributed by atoms with van der Waals surface area (Å²) in [7, 11) is -6.87. The molecular weight excluding hydrogens is 378 g/mol. The second-order valence-corrected chi connectivity index (χ2v) is 9.87. The molecule has 0 saturated carbocycles. The predicted octanol–water partition coefficient (Wildman–Crippen LogP) is 1.52. The van der Waals surface area contributed by atoms with Crippen molar-refractivity contribution in [2.24, 2.45) is 0 Å². The molecule has 1 aromatic carbocycles. The monoisotopic (exact) mass is 387 g/mol. The van der Waals surface area contributed by atoms with Crippen LogP contribution in [0, 0.1) is 0 Å². The van der Waals surface area contributed by atoms with Gasteiger partial charge in [0.15, 0.2) is 9.84 Å². The number of hydrogen-bond donors (Lipinski definition) is 0. The lowest BCUT2D eigenvalue weighted by atomic mass is 10.3. The Balaban J connectivity index is 2.24. The van der Waals surface area contributed by atoms with Crippen molar-refractivity contribution in [1.29, 1.82) is 0 Å². The van der Waals surface area contributed by atoms with Gasteiger partial charge in [-0.25, -0.2) is 16.8 Å². The lowest BCUT2D eigenvalue weighted by Gasteiger charge is -2.36. The number of halogens is 2. The summed E-state index contributed by atoms with van der Waals surface area (Å²) in [6.07, 6.45) is 1.11. The Kier molecular flexibility index (Phi) is 4.01. The Morgan fingerprint density at radius 2 is 1.84 bits per heavy atom. The number of nitrogens with zero attached hydrogens (tertiary/aromatic N) is 1. The average molecular weight is 389 g/mol. The highest BCUT2D eigenvalue weighted by Gasteiger charge is 2.41. The number of sulfonamides is 1.